The predicted octanol–water partition coefficient (Wildman–Crippen LogP) is 2.68. The normalized spacial score (nSPS) is 11.2. The molecule has 0 fully saturated rings. The Bertz CT molecular complexity index is 828. The van der Waals surface area contributed by atoms with Crippen LogP contribution in [0.1, 0.15) is 42.9 Å². The molecule has 0 unspecified atom stereocenters. The molecule has 3 rings (SSSR count). The van der Waals surface area contributed by atoms with Crippen molar-refractivity contribution in [3.05, 3.63) is 47.4 Å². The first-order valence-electron chi connectivity index (χ1n) is 7.87. The maximum Gasteiger partial charge on any atom is 0.223 e. The van der Waals surface area contributed by atoms with Gasteiger partial charge in [-0.1, -0.05) is 42.9 Å². The van der Waals surface area contributed by atoms with Gasteiger partial charge in [-0.05, 0) is 23.6 Å². The summed E-state index contributed by atoms with van der Waals surface area (Å²) in [5.41, 5.74) is 1.27. The highest BCUT2D eigenvalue weighted by Gasteiger charge is 2.13. The van der Waals surface area contributed by atoms with Gasteiger partial charge in [0.15, 0.2) is 11.6 Å². The third-order valence-corrected chi connectivity index (χ3v) is 4.49. The van der Waals surface area contributed by atoms with E-state index >= 15 is 0 Å². The van der Waals surface area contributed by atoms with Crippen LogP contribution in [0.2, 0.25) is 0 Å². The quantitative estimate of drug-likeness (QED) is 0.506. The zero-order valence-electron chi connectivity index (χ0n) is 14.3. The van der Waals surface area contributed by atoms with E-state index in [1.807, 2.05) is 12.1 Å². The summed E-state index contributed by atoms with van der Waals surface area (Å²) in [7, 11) is 0. The number of nitrogens with two attached hydrogens (primary N) is 1. The lowest BCUT2D eigenvalue weighted by molar-refractivity contribution is 0.291. The molecule has 0 atom stereocenters. The molecule has 0 aliphatic rings. The van der Waals surface area contributed by atoms with Crippen LogP contribution in [-0.2, 0) is 12.4 Å². The van der Waals surface area contributed by atoms with Crippen LogP contribution in [0.4, 0.5) is 0 Å². The van der Waals surface area contributed by atoms with Crippen molar-refractivity contribution < 1.29 is 9.26 Å². The van der Waals surface area contributed by atoms with Crippen molar-refractivity contribution in [1.29, 1.82) is 0 Å². The lowest BCUT2D eigenvalue weighted by atomic mass is 10.0. The summed E-state index contributed by atoms with van der Waals surface area (Å²) in [6.07, 6.45) is 0. The van der Waals surface area contributed by atoms with Gasteiger partial charge in [-0.2, -0.15) is 4.98 Å². The monoisotopic (exact) mass is 360 g/mol. The molecule has 2 heterocycles. The van der Waals surface area contributed by atoms with E-state index in [2.05, 4.69) is 46.3 Å². The number of benzene rings is 1. The fourth-order valence-corrected chi connectivity index (χ4v) is 2.85. The number of hydrogen-bond donors (Lipinski definition) is 1. The van der Waals surface area contributed by atoms with Gasteiger partial charge < -0.3 is 15.1 Å². The smallest absolute Gasteiger partial charge is 0.223 e. The largest absolute Gasteiger partial charge is 0.486 e. The van der Waals surface area contributed by atoms with Gasteiger partial charge in [0.25, 0.3) is 0 Å². The van der Waals surface area contributed by atoms with Gasteiger partial charge in [0.05, 0.1) is 5.75 Å². The molecule has 25 heavy (non-hydrogen) atoms. The Morgan fingerprint density at radius 2 is 2.00 bits per heavy atom. The molecule has 0 radical (unpaired) electrons. The summed E-state index contributed by atoms with van der Waals surface area (Å²) in [4.78, 5) is 4.14. The fourth-order valence-electron chi connectivity index (χ4n) is 2.13. The Labute approximate surface area is 149 Å². The van der Waals surface area contributed by atoms with Crippen molar-refractivity contribution in [3.8, 4) is 5.75 Å². The summed E-state index contributed by atoms with van der Waals surface area (Å²) in [5.74, 6) is 9.45. The summed E-state index contributed by atoms with van der Waals surface area (Å²) < 4.78 is 12.1. The second kappa shape index (κ2) is 7.56. The van der Waals surface area contributed by atoms with E-state index in [4.69, 9.17) is 15.1 Å². The van der Waals surface area contributed by atoms with E-state index in [-0.39, 0.29) is 6.61 Å². The zero-order valence-corrected chi connectivity index (χ0v) is 15.2. The van der Waals surface area contributed by atoms with E-state index < -0.39 is 0 Å². The van der Waals surface area contributed by atoms with Crippen molar-refractivity contribution in [1.82, 2.24) is 25.0 Å². The average Bonchev–Trinajstić information content (AvgIpc) is 3.17. The number of aromatic nitrogens is 5. The summed E-state index contributed by atoms with van der Waals surface area (Å²) in [6.45, 7) is 6.30. The van der Waals surface area contributed by atoms with Gasteiger partial charge in [0.2, 0.25) is 11.0 Å². The molecule has 1 aromatic carbocycles. The van der Waals surface area contributed by atoms with Crippen molar-refractivity contribution in [2.24, 2.45) is 0 Å². The van der Waals surface area contributed by atoms with Crippen LogP contribution in [0.25, 0.3) is 0 Å². The van der Waals surface area contributed by atoms with Crippen LogP contribution in [-0.4, -0.2) is 25.0 Å². The molecule has 0 spiro atoms. The first-order valence-corrected chi connectivity index (χ1v) is 8.85. The summed E-state index contributed by atoms with van der Waals surface area (Å²) in [5, 5.41) is 12.5. The van der Waals surface area contributed by atoms with E-state index in [0.29, 0.717) is 34.4 Å². The van der Waals surface area contributed by atoms with Gasteiger partial charge in [-0.25, -0.2) is 4.68 Å². The van der Waals surface area contributed by atoms with Gasteiger partial charge in [0.1, 0.15) is 12.4 Å². The first kappa shape index (κ1) is 17.3. The second-order valence-electron chi connectivity index (χ2n) is 5.80. The van der Waals surface area contributed by atoms with Crippen LogP contribution >= 0.6 is 11.8 Å². The number of nitrogen functional groups attached to an aromatic ring is 1. The maximum atomic E-state index is 6.03. The van der Waals surface area contributed by atoms with Crippen LogP contribution in [0.3, 0.4) is 0 Å². The van der Waals surface area contributed by atoms with Gasteiger partial charge in [0, 0.05) is 6.92 Å². The highest BCUT2D eigenvalue weighted by atomic mass is 32.2. The zero-order chi connectivity index (χ0) is 17.8. The van der Waals surface area contributed by atoms with Gasteiger partial charge in [-0.15, -0.1) is 10.2 Å². The van der Waals surface area contributed by atoms with E-state index in [1.54, 1.807) is 6.92 Å². The number of rotatable bonds is 7. The molecule has 0 aliphatic carbocycles. The average molecular weight is 360 g/mol. The number of nitrogens with zero attached hydrogens (tertiary/aromatic N) is 5. The minimum atomic E-state index is 0.242. The fraction of sp³-hybridized carbons (Fsp3) is 0.375. The number of thioether (sulfide) groups is 1. The lowest BCUT2D eigenvalue weighted by Gasteiger charge is -2.08. The topological polar surface area (TPSA) is 105 Å². The minimum absolute atomic E-state index is 0.242. The van der Waals surface area contributed by atoms with Crippen molar-refractivity contribution >= 4 is 11.8 Å². The summed E-state index contributed by atoms with van der Waals surface area (Å²) >= 11 is 1.38. The summed E-state index contributed by atoms with van der Waals surface area (Å²) in [6, 6.07) is 8.00. The van der Waals surface area contributed by atoms with E-state index in [0.717, 1.165) is 5.75 Å². The molecule has 132 valence electrons. The highest BCUT2D eigenvalue weighted by molar-refractivity contribution is 7.98. The Morgan fingerprint density at radius 1 is 1.24 bits per heavy atom. The van der Waals surface area contributed by atoms with Crippen molar-refractivity contribution in [2.45, 2.75) is 44.2 Å². The van der Waals surface area contributed by atoms with E-state index in [9.17, 15) is 0 Å². The van der Waals surface area contributed by atoms with Crippen LogP contribution in [0, 0.1) is 6.92 Å². The predicted molar refractivity (Wildman–Crippen MR) is 93.6 cm³/mol. The van der Waals surface area contributed by atoms with Crippen molar-refractivity contribution in [2.75, 3.05) is 5.84 Å². The molecule has 0 saturated heterocycles. The molecule has 0 amide bonds. The molecule has 8 nitrogen and oxygen atoms in total. The Kier molecular flexibility index (Phi) is 5.22. The van der Waals surface area contributed by atoms with Crippen LogP contribution in [0.5, 0.6) is 5.75 Å². The molecular weight excluding hydrogens is 340 g/mol. The lowest BCUT2D eigenvalue weighted by Crippen LogP contribution is -2.15. The Hall–Kier alpha value is -2.55. The van der Waals surface area contributed by atoms with Crippen LogP contribution in [0.15, 0.2) is 33.9 Å². The van der Waals surface area contributed by atoms with E-state index in [1.165, 1.54) is 22.0 Å². The Morgan fingerprint density at radius 3 is 2.64 bits per heavy atom. The maximum absolute atomic E-state index is 6.03. The standard InChI is InChI=1S/C16H20N6O2S/c1-10(2)12-4-6-13(7-5-12)23-8-15-19-20-16(22(15)17)25-9-14-18-11(3)24-21-14/h4-7,10H,8-9,17H2,1-3H3. The third-order valence-electron chi connectivity index (χ3n) is 3.55. The molecule has 0 bridgehead atoms. The molecule has 9 heteroatoms. The molecule has 2 aromatic heterocycles. The second-order valence-corrected chi connectivity index (χ2v) is 6.74. The first-order chi connectivity index (χ1) is 12.0. The third kappa shape index (κ3) is 4.30. The SMILES string of the molecule is Cc1nc(CSc2nnc(COc3ccc(C(C)C)cc3)n2N)no1. The van der Waals surface area contributed by atoms with Gasteiger partial charge >= 0.3 is 0 Å². The number of hydrogen-bond acceptors (Lipinski definition) is 8. The Balaban J connectivity index is 1.57. The molecule has 0 aliphatic heterocycles. The van der Waals surface area contributed by atoms with Crippen LogP contribution < -0.4 is 10.6 Å². The molecule has 2 N–H and O–H groups in total. The van der Waals surface area contributed by atoms with Crippen molar-refractivity contribution in [3.63, 3.8) is 0 Å². The number of aryl methyl sites for hydroxylation is 1. The molecule has 3 aromatic rings. The molecule has 0 saturated carbocycles. The van der Waals surface area contributed by atoms with Gasteiger partial charge in [-0.3, -0.25) is 0 Å². The minimum Gasteiger partial charge on any atom is -0.486 e. The molecular formula is C16H20N6O2S. The highest BCUT2D eigenvalue weighted by Crippen LogP contribution is 2.21. The number of ether oxygens (including phenoxy) is 1.